The summed E-state index contributed by atoms with van der Waals surface area (Å²) >= 11 is 0. The summed E-state index contributed by atoms with van der Waals surface area (Å²) in [4.78, 5) is 37.8. The zero-order chi connectivity index (χ0) is 20.2. The minimum absolute atomic E-state index is 0.292. The van der Waals surface area contributed by atoms with Gasteiger partial charge in [0.25, 0.3) is 0 Å². The van der Waals surface area contributed by atoms with Crippen LogP contribution in [-0.2, 0) is 27.1 Å². The Bertz CT molecular complexity index is 704. The van der Waals surface area contributed by atoms with Gasteiger partial charge in [0.1, 0.15) is 13.1 Å². The van der Waals surface area contributed by atoms with Crippen molar-refractivity contribution < 1.29 is 32.7 Å². The molecule has 1 aliphatic heterocycles. The Labute approximate surface area is 153 Å². The molecule has 0 saturated carbocycles. The van der Waals surface area contributed by atoms with Gasteiger partial charge in [0.05, 0.1) is 0 Å². The fraction of sp³-hybridized carbons (Fsp3) is 0.625. The van der Waals surface area contributed by atoms with Crippen LogP contribution in [0.3, 0.4) is 0 Å². The molecule has 1 aromatic rings. The number of carboxylic acids is 1. The van der Waals surface area contributed by atoms with E-state index < -0.39 is 24.4 Å². The SMILES string of the molecule is CC(=O)N(CC(=O)O)C1CCCN(C(=O)Cn2ccc(C(F)(F)F)n2)CC1. The molecule has 150 valence electrons. The summed E-state index contributed by atoms with van der Waals surface area (Å²) in [6, 6.07) is 0.514. The fourth-order valence-corrected chi connectivity index (χ4v) is 3.12. The van der Waals surface area contributed by atoms with Crippen LogP contribution in [0.1, 0.15) is 31.9 Å². The molecule has 2 heterocycles. The van der Waals surface area contributed by atoms with Gasteiger partial charge in [-0.1, -0.05) is 0 Å². The predicted octanol–water partition coefficient (Wildman–Crippen LogP) is 1.22. The lowest BCUT2D eigenvalue weighted by molar-refractivity contribution is -0.145. The Hall–Kier alpha value is -2.59. The van der Waals surface area contributed by atoms with Gasteiger partial charge in [-0.25, -0.2) is 0 Å². The number of hydrogen-bond acceptors (Lipinski definition) is 4. The topological polar surface area (TPSA) is 95.7 Å². The van der Waals surface area contributed by atoms with Crippen LogP contribution in [0.25, 0.3) is 0 Å². The molecule has 8 nitrogen and oxygen atoms in total. The lowest BCUT2D eigenvalue weighted by Crippen LogP contribution is -2.43. The monoisotopic (exact) mass is 390 g/mol. The van der Waals surface area contributed by atoms with Crippen molar-refractivity contribution in [2.45, 2.75) is 44.9 Å². The highest BCUT2D eigenvalue weighted by Gasteiger charge is 2.34. The number of halogens is 3. The van der Waals surface area contributed by atoms with Crippen molar-refractivity contribution in [2.24, 2.45) is 0 Å². The molecule has 1 aliphatic rings. The first-order valence-corrected chi connectivity index (χ1v) is 8.45. The summed E-state index contributed by atoms with van der Waals surface area (Å²) in [5.74, 6) is -1.83. The van der Waals surface area contributed by atoms with Crippen LogP contribution in [0.15, 0.2) is 12.3 Å². The number of carbonyl (C=O) groups excluding carboxylic acids is 2. The predicted molar refractivity (Wildman–Crippen MR) is 86.5 cm³/mol. The van der Waals surface area contributed by atoms with Crippen LogP contribution >= 0.6 is 0 Å². The van der Waals surface area contributed by atoms with Gasteiger partial charge < -0.3 is 14.9 Å². The Morgan fingerprint density at radius 1 is 1.30 bits per heavy atom. The molecule has 1 N–H and O–H groups in total. The molecular formula is C16H21F3N4O4. The lowest BCUT2D eigenvalue weighted by atomic mass is 10.1. The molecule has 1 saturated heterocycles. The zero-order valence-corrected chi connectivity index (χ0v) is 14.8. The molecule has 2 rings (SSSR count). The first kappa shape index (κ1) is 20.7. The van der Waals surface area contributed by atoms with Gasteiger partial charge >= 0.3 is 12.1 Å². The number of aliphatic carboxylic acids is 1. The molecule has 0 spiro atoms. The van der Waals surface area contributed by atoms with Crippen molar-refractivity contribution in [1.82, 2.24) is 19.6 Å². The summed E-state index contributed by atoms with van der Waals surface area (Å²) < 4.78 is 38.7. The van der Waals surface area contributed by atoms with E-state index in [1.165, 1.54) is 16.7 Å². The number of carboxylic acid groups (broad SMARTS) is 1. The van der Waals surface area contributed by atoms with Crippen molar-refractivity contribution >= 4 is 17.8 Å². The molecule has 11 heteroatoms. The van der Waals surface area contributed by atoms with E-state index in [4.69, 9.17) is 5.11 Å². The number of likely N-dealkylation sites (tertiary alicyclic amines) is 1. The second-order valence-corrected chi connectivity index (χ2v) is 6.40. The van der Waals surface area contributed by atoms with Crippen LogP contribution in [-0.4, -0.2) is 68.1 Å². The van der Waals surface area contributed by atoms with Crippen LogP contribution in [0.2, 0.25) is 0 Å². The standard InChI is InChI=1S/C16H21F3N4O4/c1-11(24)23(10-15(26)27)12-3-2-6-21(7-4-12)14(25)9-22-8-5-13(20-22)16(17,18)19/h5,8,12H,2-4,6-7,9-10H2,1H3,(H,26,27). The zero-order valence-electron chi connectivity index (χ0n) is 14.8. The van der Waals surface area contributed by atoms with Crippen molar-refractivity contribution in [3.8, 4) is 0 Å². The van der Waals surface area contributed by atoms with E-state index in [1.807, 2.05) is 0 Å². The first-order valence-electron chi connectivity index (χ1n) is 8.45. The molecular weight excluding hydrogens is 369 g/mol. The van der Waals surface area contributed by atoms with Crippen LogP contribution in [0, 0.1) is 0 Å². The molecule has 1 fully saturated rings. The first-order chi connectivity index (χ1) is 12.6. The van der Waals surface area contributed by atoms with Crippen LogP contribution in [0.5, 0.6) is 0 Å². The highest BCUT2D eigenvalue weighted by Crippen LogP contribution is 2.27. The van der Waals surface area contributed by atoms with Crippen LogP contribution < -0.4 is 0 Å². The average molecular weight is 390 g/mol. The summed E-state index contributed by atoms with van der Waals surface area (Å²) in [6.07, 6.45) is -1.94. The Morgan fingerprint density at radius 2 is 2.00 bits per heavy atom. The number of alkyl halides is 3. The molecule has 0 bridgehead atoms. The van der Waals surface area contributed by atoms with Gasteiger partial charge in [-0.05, 0) is 25.3 Å². The van der Waals surface area contributed by atoms with Gasteiger partial charge in [0, 0.05) is 32.3 Å². The molecule has 1 atom stereocenters. The summed E-state index contributed by atoms with van der Waals surface area (Å²) in [5.41, 5.74) is -1.06. The highest BCUT2D eigenvalue weighted by molar-refractivity contribution is 5.80. The van der Waals surface area contributed by atoms with Gasteiger partial charge in [0.15, 0.2) is 5.69 Å². The van der Waals surface area contributed by atoms with E-state index in [-0.39, 0.29) is 24.4 Å². The van der Waals surface area contributed by atoms with Gasteiger partial charge in [-0.15, -0.1) is 0 Å². The Balaban J connectivity index is 1.96. The Kier molecular flexibility index (Phi) is 6.45. The maximum Gasteiger partial charge on any atom is 0.435 e. The van der Waals surface area contributed by atoms with Gasteiger partial charge in [-0.3, -0.25) is 19.1 Å². The molecule has 0 aromatic carbocycles. The van der Waals surface area contributed by atoms with E-state index in [0.29, 0.717) is 32.4 Å². The smallest absolute Gasteiger partial charge is 0.435 e. The molecule has 27 heavy (non-hydrogen) atoms. The minimum atomic E-state index is -4.57. The largest absolute Gasteiger partial charge is 0.480 e. The molecule has 1 aromatic heterocycles. The third-order valence-electron chi connectivity index (χ3n) is 4.43. The number of carbonyl (C=O) groups is 3. The summed E-state index contributed by atoms with van der Waals surface area (Å²) in [7, 11) is 0. The maximum atomic E-state index is 12.6. The Morgan fingerprint density at radius 3 is 2.56 bits per heavy atom. The lowest BCUT2D eigenvalue weighted by Gasteiger charge is -2.28. The highest BCUT2D eigenvalue weighted by atomic mass is 19.4. The number of rotatable bonds is 5. The third-order valence-corrected chi connectivity index (χ3v) is 4.43. The van der Waals surface area contributed by atoms with Gasteiger partial charge in [-0.2, -0.15) is 18.3 Å². The molecule has 0 radical (unpaired) electrons. The quantitative estimate of drug-likeness (QED) is 0.816. The number of nitrogens with zero attached hydrogens (tertiary/aromatic N) is 4. The molecule has 1 unspecified atom stereocenters. The van der Waals surface area contributed by atoms with Crippen molar-refractivity contribution in [2.75, 3.05) is 19.6 Å². The number of aromatic nitrogens is 2. The maximum absolute atomic E-state index is 12.6. The third kappa shape index (κ3) is 5.69. The van der Waals surface area contributed by atoms with Crippen LogP contribution in [0.4, 0.5) is 13.2 Å². The molecule has 0 aliphatic carbocycles. The van der Waals surface area contributed by atoms with E-state index >= 15 is 0 Å². The van der Waals surface area contributed by atoms with Crippen molar-refractivity contribution in [3.05, 3.63) is 18.0 Å². The number of hydrogen-bond donors (Lipinski definition) is 1. The van der Waals surface area contributed by atoms with E-state index in [1.54, 1.807) is 0 Å². The second-order valence-electron chi connectivity index (χ2n) is 6.40. The van der Waals surface area contributed by atoms with E-state index in [9.17, 15) is 27.6 Å². The van der Waals surface area contributed by atoms with E-state index in [2.05, 4.69) is 5.10 Å². The summed E-state index contributed by atoms with van der Waals surface area (Å²) in [5, 5.41) is 12.3. The van der Waals surface area contributed by atoms with Crippen molar-refractivity contribution in [1.29, 1.82) is 0 Å². The normalized spacial score (nSPS) is 18.1. The second kappa shape index (κ2) is 8.40. The fourth-order valence-electron chi connectivity index (χ4n) is 3.12. The molecule has 2 amide bonds. The minimum Gasteiger partial charge on any atom is -0.480 e. The average Bonchev–Trinajstić information content (AvgIpc) is 2.89. The van der Waals surface area contributed by atoms with Gasteiger partial charge in [0.2, 0.25) is 11.8 Å². The van der Waals surface area contributed by atoms with Crippen molar-refractivity contribution in [3.63, 3.8) is 0 Å². The summed E-state index contributed by atoms with van der Waals surface area (Å²) in [6.45, 7) is 1.27. The number of amides is 2. The van der Waals surface area contributed by atoms with E-state index in [0.717, 1.165) is 16.9 Å².